The molecule has 1 aromatic rings. The summed E-state index contributed by atoms with van der Waals surface area (Å²) >= 11 is 5.73. The standard InChI is InChI=1S/C11H14ClN3O2/c12-10-4-8(9(13)5-14-10)11(16)15-7-2-1-3-17-6-7/h4-5,7H,1-3,6,13H2,(H,15,16). The fraction of sp³-hybridized carbons (Fsp3) is 0.455. The summed E-state index contributed by atoms with van der Waals surface area (Å²) in [5.41, 5.74) is 6.36. The summed E-state index contributed by atoms with van der Waals surface area (Å²) in [5.74, 6) is -0.234. The molecule has 1 atom stereocenters. The van der Waals surface area contributed by atoms with Crippen LogP contribution in [-0.4, -0.2) is 30.1 Å². The molecule has 1 aromatic heterocycles. The maximum absolute atomic E-state index is 12.0. The molecule has 1 fully saturated rings. The Labute approximate surface area is 104 Å². The third kappa shape index (κ3) is 3.08. The lowest BCUT2D eigenvalue weighted by atomic mass is 10.1. The van der Waals surface area contributed by atoms with E-state index in [0.717, 1.165) is 19.4 Å². The van der Waals surface area contributed by atoms with Gasteiger partial charge in [0.2, 0.25) is 0 Å². The van der Waals surface area contributed by atoms with Gasteiger partial charge in [0.05, 0.1) is 30.1 Å². The summed E-state index contributed by atoms with van der Waals surface area (Å²) < 4.78 is 5.29. The van der Waals surface area contributed by atoms with E-state index in [0.29, 0.717) is 17.9 Å². The molecule has 0 saturated carbocycles. The van der Waals surface area contributed by atoms with Crippen LogP contribution in [-0.2, 0) is 4.74 Å². The van der Waals surface area contributed by atoms with E-state index in [-0.39, 0.29) is 17.1 Å². The maximum Gasteiger partial charge on any atom is 0.253 e. The van der Waals surface area contributed by atoms with Crippen LogP contribution >= 0.6 is 11.6 Å². The highest BCUT2D eigenvalue weighted by Crippen LogP contribution is 2.15. The second kappa shape index (κ2) is 5.33. The number of anilines is 1. The van der Waals surface area contributed by atoms with Crippen LogP contribution in [0, 0.1) is 0 Å². The average molecular weight is 256 g/mol. The van der Waals surface area contributed by atoms with Crippen molar-refractivity contribution in [3.8, 4) is 0 Å². The Kier molecular flexibility index (Phi) is 3.81. The Morgan fingerprint density at radius 1 is 1.65 bits per heavy atom. The summed E-state index contributed by atoms with van der Waals surface area (Å²) in [4.78, 5) is 15.8. The minimum atomic E-state index is -0.234. The van der Waals surface area contributed by atoms with E-state index in [1.807, 2.05) is 0 Å². The highest BCUT2D eigenvalue weighted by Gasteiger charge is 2.18. The molecule has 3 N–H and O–H groups in total. The number of halogens is 1. The third-order valence-corrected chi connectivity index (χ3v) is 2.85. The highest BCUT2D eigenvalue weighted by molar-refractivity contribution is 6.29. The molecule has 2 heterocycles. The van der Waals surface area contributed by atoms with Crippen molar-refractivity contribution in [1.29, 1.82) is 0 Å². The van der Waals surface area contributed by atoms with E-state index in [1.165, 1.54) is 12.3 Å². The number of nitrogens with one attached hydrogen (secondary N) is 1. The van der Waals surface area contributed by atoms with Crippen molar-refractivity contribution in [3.63, 3.8) is 0 Å². The van der Waals surface area contributed by atoms with Crippen LogP contribution in [0.3, 0.4) is 0 Å². The Morgan fingerprint density at radius 2 is 2.47 bits per heavy atom. The van der Waals surface area contributed by atoms with Crippen molar-refractivity contribution < 1.29 is 9.53 Å². The van der Waals surface area contributed by atoms with Gasteiger partial charge in [-0.25, -0.2) is 4.98 Å². The van der Waals surface area contributed by atoms with Gasteiger partial charge < -0.3 is 15.8 Å². The van der Waals surface area contributed by atoms with E-state index in [2.05, 4.69) is 10.3 Å². The number of nitrogens with zero attached hydrogens (tertiary/aromatic N) is 1. The minimum absolute atomic E-state index is 0.0441. The molecule has 1 unspecified atom stereocenters. The monoisotopic (exact) mass is 255 g/mol. The Morgan fingerprint density at radius 3 is 3.18 bits per heavy atom. The van der Waals surface area contributed by atoms with Gasteiger partial charge in [0.25, 0.3) is 5.91 Å². The number of rotatable bonds is 2. The molecule has 0 aliphatic carbocycles. The van der Waals surface area contributed by atoms with Crippen molar-refractivity contribution >= 4 is 23.2 Å². The molecule has 92 valence electrons. The van der Waals surface area contributed by atoms with E-state index in [9.17, 15) is 4.79 Å². The van der Waals surface area contributed by atoms with Crippen LogP contribution in [0.25, 0.3) is 0 Å². The van der Waals surface area contributed by atoms with Crippen LogP contribution < -0.4 is 11.1 Å². The average Bonchev–Trinajstić information content (AvgIpc) is 2.33. The van der Waals surface area contributed by atoms with Crippen LogP contribution in [0.2, 0.25) is 5.15 Å². The zero-order valence-electron chi connectivity index (χ0n) is 9.28. The van der Waals surface area contributed by atoms with Crippen LogP contribution in [0.5, 0.6) is 0 Å². The first-order valence-electron chi connectivity index (χ1n) is 5.46. The zero-order chi connectivity index (χ0) is 12.3. The normalized spacial score (nSPS) is 19.9. The molecule has 1 aliphatic rings. The molecule has 0 spiro atoms. The van der Waals surface area contributed by atoms with Gasteiger partial charge in [0, 0.05) is 6.61 Å². The number of nitrogen functional groups attached to an aromatic ring is 1. The number of carbonyl (C=O) groups excluding carboxylic acids is 1. The van der Waals surface area contributed by atoms with Crippen molar-refractivity contribution in [2.45, 2.75) is 18.9 Å². The summed E-state index contributed by atoms with van der Waals surface area (Å²) in [5, 5.41) is 3.13. The zero-order valence-corrected chi connectivity index (χ0v) is 10.0. The van der Waals surface area contributed by atoms with E-state index < -0.39 is 0 Å². The predicted molar refractivity (Wildman–Crippen MR) is 65.0 cm³/mol. The predicted octanol–water partition coefficient (Wildman–Crippen LogP) is 1.23. The van der Waals surface area contributed by atoms with E-state index in [4.69, 9.17) is 22.1 Å². The largest absolute Gasteiger partial charge is 0.397 e. The number of amides is 1. The fourth-order valence-corrected chi connectivity index (χ4v) is 1.91. The molecule has 6 heteroatoms. The lowest BCUT2D eigenvalue weighted by Crippen LogP contribution is -2.40. The second-order valence-electron chi connectivity index (χ2n) is 3.98. The SMILES string of the molecule is Nc1cnc(Cl)cc1C(=O)NC1CCCOC1. The Bertz CT molecular complexity index is 419. The maximum atomic E-state index is 12.0. The molecule has 1 amide bonds. The van der Waals surface area contributed by atoms with Gasteiger partial charge in [-0.15, -0.1) is 0 Å². The van der Waals surface area contributed by atoms with Gasteiger partial charge in [0.1, 0.15) is 5.15 Å². The minimum Gasteiger partial charge on any atom is -0.397 e. The number of ether oxygens (including phenoxy) is 1. The third-order valence-electron chi connectivity index (χ3n) is 2.64. The molecule has 0 aromatic carbocycles. The summed E-state index contributed by atoms with van der Waals surface area (Å²) in [7, 11) is 0. The molecule has 0 radical (unpaired) electrons. The first-order chi connectivity index (χ1) is 8.16. The highest BCUT2D eigenvalue weighted by atomic mass is 35.5. The van der Waals surface area contributed by atoms with Crippen molar-refractivity contribution in [2.75, 3.05) is 18.9 Å². The lowest BCUT2D eigenvalue weighted by molar-refractivity contribution is 0.0624. The first kappa shape index (κ1) is 12.1. The van der Waals surface area contributed by atoms with Crippen LogP contribution in [0.4, 0.5) is 5.69 Å². The molecule has 2 rings (SSSR count). The van der Waals surface area contributed by atoms with Crippen molar-refractivity contribution in [3.05, 3.63) is 23.0 Å². The van der Waals surface area contributed by atoms with Gasteiger partial charge in [-0.2, -0.15) is 0 Å². The topological polar surface area (TPSA) is 77.2 Å². The van der Waals surface area contributed by atoms with Gasteiger partial charge in [0.15, 0.2) is 0 Å². The molecule has 1 saturated heterocycles. The molecular formula is C11H14ClN3O2. The fourth-order valence-electron chi connectivity index (χ4n) is 1.75. The number of aromatic nitrogens is 1. The second-order valence-corrected chi connectivity index (χ2v) is 4.37. The molecule has 5 nitrogen and oxygen atoms in total. The summed E-state index contributed by atoms with van der Waals surface area (Å²) in [6.45, 7) is 1.31. The van der Waals surface area contributed by atoms with Gasteiger partial charge in [-0.1, -0.05) is 11.6 Å². The van der Waals surface area contributed by atoms with Crippen molar-refractivity contribution in [2.24, 2.45) is 0 Å². The number of pyridine rings is 1. The molecule has 0 bridgehead atoms. The van der Waals surface area contributed by atoms with Gasteiger partial charge >= 0.3 is 0 Å². The number of carbonyl (C=O) groups is 1. The summed E-state index contributed by atoms with van der Waals surface area (Å²) in [6, 6.07) is 1.51. The summed E-state index contributed by atoms with van der Waals surface area (Å²) in [6.07, 6.45) is 3.26. The first-order valence-corrected chi connectivity index (χ1v) is 5.84. The Balaban J connectivity index is 2.05. The van der Waals surface area contributed by atoms with Gasteiger partial charge in [-0.05, 0) is 18.9 Å². The lowest BCUT2D eigenvalue weighted by Gasteiger charge is -2.23. The number of nitrogens with two attached hydrogens (primary N) is 1. The Hall–Kier alpha value is -1.33. The van der Waals surface area contributed by atoms with E-state index in [1.54, 1.807) is 0 Å². The molecular weight excluding hydrogens is 242 g/mol. The van der Waals surface area contributed by atoms with Gasteiger partial charge in [-0.3, -0.25) is 4.79 Å². The number of hydrogen-bond donors (Lipinski definition) is 2. The quantitative estimate of drug-likeness (QED) is 0.779. The van der Waals surface area contributed by atoms with E-state index >= 15 is 0 Å². The van der Waals surface area contributed by atoms with Crippen molar-refractivity contribution in [1.82, 2.24) is 10.3 Å². The number of hydrogen-bond acceptors (Lipinski definition) is 4. The smallest absolute Gasteiger partial charge is 0.253 e. The van der Waals surface area contributed by atoms with Crippen LogP contribution in [0.1, 0.15) is 23.2 Å². The molecule has 1 aliphatic heterocycles. The van der Waals surface area contributed by atoms with Crippen LogP contribution in [0.15, 0.2) is 12.3 Å². The molecule has 17 heavy (non-hydrogen) atoms.